The Labute approximate surface area is 373 Å². The van der Waals surface area contributed by atoms with E-state index in [0.29, 0.717) is 0 Å². The molecule has 0 N–H and O–H groups in total. The van der Waals surface area contributed by atoms with Crippen LogP contribution in [0.2, 0.25) is 0 Å². The molecule has 0 unspecified atom stereocenters. The molecule has 9 aromatic rings. The molecule has 4 heteroatoms. The molecule has 1 radical (unpaired) electrons. The van der Waals surface area contributed by atoms with Gasteiger partial charge in [0.25, 0.3) is 0 Å². The van der Waals surface area contributed by atoms with E-state index in [0.717, 1.165) is 28.2 Å². The first kappa shape index (κ1) is 40.5. The average Bonchev–Trinajstić information content (AvgIpc) is 3.73. The van der Waals surface area contributed by atoms with Crippen LogP contribution in [0.5, 0.6) is 0 Å². The molecule has 0 spiro atoms. The normalized spacial score (nSPS) is 15.2. The van der Waals surface area contributed by atoms with Crippen molar-refractivity contribution in [3.8, 4) is 50.5 Å². The summed E-state index contributed by atoms with van der Waals surface area (Å²) in [6, 6.07) is 60.9. The Balaban J connectivity index is 0.000000159. The Kier molecular flexibility index (Phi) is 10.3. The Morgan fingerprint density at radius 2 is 1.20 bits per heavy atom. The summed E-state index contributed by atoms with van der Waals surface area (Å²) < 4.78 is 2.39. The predicted octanol–water partition coefficient (Wildman–Crippen LogP) is 14.5. The van der Waals surface area contributed by atoms with Crippen LogP contribution in [0, 0.1) is 12.1 Å². The zero-order chi connectivity index (χ0) is 41.2. The van der Waals surface area contributed by atoms with Crippen LogP contribution in [0.15, 0.2) is 164 Å². The summed E-state index contributed by atoms with van der Waals surface area (Å²) >= 11 is 0. The number of pyridine rings is 2. The molecule has 0 saturated heterocycles. The van der Waals surface area contributed by atoms with E-state index in [1.165, 1.54) is 79.2 Å². The molecule has 2 aliphatic rings. The minimum Gasteiger partial charge on any atom is -0.327 e. The van der Waals surface area contributed by atoms with E-state index in [9.17, 15) is 0 Å². The Bertz CT molecular complexity index is 3070. The summed E-state index contributed by atoms with van der Waals surface area (Å²) in [7, 11) is 0. The molecule has 11 rings (SSSR count). The van der Waals surface area contributed by atoms with Gasteiger partial charge >= 0.3 is 0 Å². The van der Waals surface area contributed by atoms with Crippen molar-refractivity contribution < 1.29 is 20.1 Å². The van der Waals surface area contributed by atoms with Crippen LogP contribution < -0.4 is 0 Å². The largest absolute Gasteiger partial charge is 0.327 e. The number of aromatic nitrogens is 3. The Hall–Kier alpha value is -5.93. The standard InChI is InChI=1S/C32H23N2.C25H26N.Ir/c1-32(2)27-14-5-3-12-23(27)25-19-26-24-13-4-6-16-30(24)34(31(26)20-28(25)32)22-11-9-10-21(18-22)29-15-7-8-17-33-29;1-24(2)13-14-25(3,4)22-16-20(10-11-21(22)24)23-17-19(12-15-26-23)18-8-6-5-7-9-18;/h3-9,11-20H,1-2H3;5-9,11-12,15-17H,13-14H2,1-4H3;/q2*-1;. The van der Waals surface area contributed by atoms with Crippen molar-refractivity contribution in [2.24, 2.45) is 0 Å². The van der Waals surface area contributed by atoms with Gasteiger partial charge in [-0.25, -0.2) is 0 Å². The predicted molar refractivity (Wildman–Crippen MR) is 250 cm³/mol. The minimum atomic E-state index is -0.0367. The molecule has 6 aromatic carbocycles. The van der Waals surface area contributed by atoms with Crippen LogP contribution in [-0.2, 0) is 36.4 Å². The summed E-state index contributed by atoms with van der Waals surface area (Å²) in [4.78, 5) is 9.18. The monoisotopic (exact) mass is 968 g/mol. The zero-order valence-corrected chi connectivity index (χ0v) is 38.1. The van der Waals surface area contributed by atoms with Gasteiger partial charge in [0, 0.05) is 48.7 Å². The minimum absolute atomic E-state index is 0. The molecule has 0 bridgehead atoms. The van der Waals surface area contributed by atoms with Gasteiger partial charge in [0.2, 0.25) is 0 Å². The summed E-state index contributed by atoms with van der Waals surface area (Å²) in [5, 5.41) is 2.56. The van der Waals surface area contributed by atoms with Crippen LogP contribution in [0.3, 0.4) is 0 Å². The number of para-hydroxylation sites is 1. The van der Waals surface area contributed by atoms with Crippen LogP contribution >= 0.6 is 0 Å². The van der Waals surface area contributed by atoms with Crippen LogP contribution in [0.25, 0.3) is 72.3 Å². The number of hydrogen-bond acceptors (Lipinski definition) is 2. The van der Waals surface area contributed by atoms with Crippen molar-refractivity contribution in [3.05, 3.63) is 198 Å². The number of fused-ring (bicyclic) bond motifs is 7. The zero-order valence-electron chi connectivity index (χ0n) is 35.7. The second kappa shape index (κ2) is 15.5. The van der Waals surface area contributed by atoms with E-state index in [2.05, 4.69) is 190 Å². The SMILES string of the molecule is CC1(C)CCC(C)(C)c2cc(-c3cc(-c4ccccc4)ccn3)[c-]cc21.CC1(C)c2ccccc2-c2cc3c4ccccc4n(-c4cc[c-]c(-c5ccccn5)c4)c3cc21.[Ir]. The van der Waals surface area contributed by atoms with E-state index in [-0.39, 0.29) is 36.4 Å². The quantitative estimate of drug-likeness (QED) is 0.165. The van der Waals surface area contributed by atoms with Crippen molar-refractivity contribution in [2.45, 2.75) is 70.6 Å². The Morgan fingerprint density at radius 1 is 0.492 bits per heavy atom. The summed E-state index contributed by atoms with van der Waals surface area (Å²) in [6.07, 6.45) is 6.18. The average molecular weight is 968 g/mol. The van der Waals surface area contributed by atoms with Gasteiger partial charge in [-0.05, 0) is 98.0 Å². The molecule has 0 fully saturated rings. The van der Waals surface area contributed by atoms with Crippen LogP contribution in [0.4, 0.5) is 0 Å². The molecular weight excluding hydrogens is 919 g/mol. The first-order chi connectivity index (χ1) is 29.0. The van der Waals surface area contributed by atoms with Crippen LogP contribution in [-0.4, -0.2) is 14.5 Å². The van der Waals surface area contributed by atoms with E-state index < -0.39 is 0 Å². The van der Waals surface area contributed by atoms with Crippen LogP contribution in [0.1, 0.15) is 76.6 Å². The van der Waals surface area contributed by atoms with Crippen molar-refractivity contribution in [3.63, 3.8) is 0 Å². The smallest absolute Gasteiger partial charge is 0.0527 e. The van der Waals surface area contributed by atoms with E-state index >= 15 is 0 Å². The molecule has 0 aliphatic heterocycles. The number of rotatable bonds is 4. The third kappa shape index (κ3) is 7.06. The molecule has 2 aliphatic carbocycles. The molecule has 61 heavy (non-hydrogen) atoms. The maximum atomic E-state index is 4.64. The van der Waals surface area contributed by atoms with Gasteiger partial charge in [0.15, 0.2) is 0 Å². The topological polar surface area (TPSA) is 30.7 Å². The third-order valence-corrected chi connectivity index (χ3v) is 13.3. The van der Waals surface area contributed by atoms with E-state index in [4.69, 9.17) is 0 Å². The van der Waals surface area contributed by atoms with Gasteiger partial charge in [-0.2, -0.15) is 0 Å². The fourth-order valence-electron chi connectivity index (χ4n) is 9.75. The summed E-state index contributed by atoms with van der Waals surface area (Å²) in [5.41, 5.74) is 18.8. The molecule has 303 valence electrons. The maximum absolute atomic E-state index is 4.64. The first-order valence-electron chi connectivity index (χ1n) is 21.2. The summed E-state index contributed by atoms with van der Waals surface area (Å²) in [6.45, 7) is 14.1. The molecule has 3 aromatic heterocycles. The van der Waals surface area contributed by atoms with Crippen molar-refractivity contribution in [1.29, 1.82) is 0 Å². The van der Waals surface area contributed by atoms with E-state index in [1.54, 1.807) is 0 Å². The fourth-order valence-corrected chi connectivity index (χ4v) is 9.75. The van der Waals surface area contributed by atoms with Gasteiger partial charge in [-0.3, -0.25) is 0 Å². The van der Waals surface area contributed by atoms with Gasteiger partial charge in [-0.1, -0.05) is 139 Å². The Morgan fingerprint density at radius 3 is 2.00 bits per heavy atom. The number of benzene rings is 6. The van der Waals surface area contributed by atoms with Gasteiger partial charge < -0.3 is 14.5 Å². The fraction of sp³-hybridized carbons (Fsp3) is 0.193. The van der Waals surface area contributed by atoms with Gasteiger partial charge in [0.1, 0.15) is 0 Å². The van der Waals surface area contributed by atoms with Crippen molar-refractivity contribution >= 4 is 21.8 Å². The molecule has 0 atom stereocenters. The van der Waals surface area contributed by atoms with Gasteiger partial charge in [0.05, 0.1) is 11.0 Å². The molecule has 3 heterocycles. The first-order valence-corrected chi connectivity index (χ1v) is 21.2. The third-order valence-electron chi connectivity index (χ3n) is 13.3. The number of nitrogens with zero attached hydrogens (tertiary/aromatic N) is 3. The molecule has 0 saturated carbocycles. The van der Waals surface area contributed by atoms with Gasteiger partial charge in [-0.15, -0.1) is 64.7 Å². The van der Waals surface area contributed by atoms with Crippen molar-refractivity contribution in [1.82, 2.24) is 14.5 Å². The molecular formula is C57H49IrN3-2. The maximum Gasteiger partial charge on any atom is 0.0527 e. The summed E-state index contributed by atoms with van der Waals surface area (Å²) in [5.74, 6) is 0. The second-order valence-corrected chi connectivity index (χ2v) is 18.4. The molecule has 3 nitrogen and oxygen atoms in total. The second-order valence-electron chi connectivity index (χ2n) is 18.4. The van der Waals surface area contributed by atoms with E-state index in [1.807, 2.05) is 42.7 Å². The van der Waals surface area contributed by atoms with Crippen molar-refractivity contribution in [2.75, 3.05) is 0 Å². The molecule has 0 amide bonds. The number of hydrogen-bond donors (Lipinski definition) is 0.